The van der Waals surface area contributed by atoms with Crippen LogP contribution in [0.25, 0.3) is 0 Å². The minimum atomic E-state index is -2.56. The molecular formula is C8H11F2NO. The molecule has 0 aliphatic carbocycles. The summed E-state index contributed by atoms with van der Waals surface area (Å²) in [7, 11) is 0. The molecule has 0 spiro atoms. The van der Waals surface area contributed by atoms with Crippen LogP contribution in [0.3, 0.4) is 0 Å². The highest BCUT2D eigenvalue weighted by Crippen LogP contribution is 2.35. The van der Waals surface area contributed by atoms with E-state index in [1.54, 1.807) is 4.90 Å². The molecule has 2 nitrogen and oxygen atoms in total. The number of halogens is 2. The van der Waals surface area contributed by atoms with Gasteiger partial charge in [-0.25, -0.2) is 8.78 Å². The number of piperidine rings is 1. The predicted molar refractivity (Wildman–Crippen MR) is 39.2 cm³/mol. The third-order valence-corrected chi connectivity index (χ3v) is 2.63. The molecule has 0 aromatic carbocycles. The summed E-state index contributed by atoms with van der Waals surface area (Å²) in [6.45, 7) is 0.379. The molecular weight excluding hydrogens is 164 g/mol. The first kappa shape index (κ1) is 8.10. The number of hydrogen-bond donors (Lipinski definition) is 0. The van der Waals surface area contributed by atoms with E-state index < -0.39 is 5.92 Å². The van der Waals surface area contributed by atoms with Crippen LogP contribution >= 0.6 is 0 Å². The molecule has 0 amide bonds. The number of rotatable bonds is 0. The molecule has 2 saturated heterocycles. The number of hydrogen-bond acceptors (Lipinski definition) is 2. The average Bonchev–Trinajstić information content (AvgIpc) is 2.21. The summed E-state index contributed by atoms with van der Waals surface area (Å²) in [4.78, 5) is 12.7. The van der Waals surface area contributed by atoms with Crippen molar-refractivity contribution in [3.8, 4) is 0 Å². The molecule has 2 fully saturated rings. The summed E-state index contributed by atoms with van der Waals surface area (Å²) >= 11 is 0. The Bertz CT molecular complexity index is 217. The second-order valence-corrected chi connectivity index (χ2v) is 3.68. The first-order chi connectivity index (χ1) is 5.57. The Balaban J connectivity index is 2.07. The molecule has 0 aromatic heterocycles. The maximum atomic E-state index is 12.8. The van der Waals surface area contributed by atoms with Crippen LogP contribution < -0.4 is 0 Å². The van der Waals surface area contributed by atoms with Gasteiger partial charge < -0.3 is 0 Å². The lowest BCUT2D eigenvalue weighted by Gasteiger charge is -2.27. The molecule has 0 N–H and O–H groups in total. The largest absolute Gasteiger partial charge is 0.300 e. The first-order valence-electron chi connectivity index (χ1n) is 4.20. The third-order valence-electron chi connectivity index (χ3n) is 2.63. The van der Waals surface area contributed by atoms with Gasteiger partial charge in [0.1, 0.15) is 5.78 Å². The Morgan fingerprint density at radius 1 is 1.50 bits per heavy atom. The minimum absolute atomic E-state index is 0.126. The number of fused-ring (bicyclic) bond motifs is 1. The van der Waals surface area contributed by atoms with Crippen LogP contribution in [0.2, 0.25) is 0 Å². The maximum absolute atomic E-state index is 12.8. The highest BCUT2D eigenvalue weighted by Gasteiger charge is 2.46. The second kappa shape index (κ2) is 2.49. The standard InChI is InChI=1S/C8H11F2NO/c9-8(10)4-6-3-7(12)1-2-11(6)5-8/h6H,1-5H2. The van der Waals surface area contributed by atoms with E-state index in [9.17, 15) is 13.6 Å². The molecule has 4 heteroatoms. The van der Waals surface area contributed by atoms with Gasteiger partial charge in [-0.3, -0.25) is 9.69 Å². The monoisotopic (exact) mass is 175 g/mol. The van der Waals surface area contributed by atoms with E-state index in [1.165, 1.54) is 0 Å². The van der Waals surface area contributed by atoms with E-state index in [0.717, 1.165) is 0 Å². The quantitative estimate of drug-likeness (QED) is 0.548. The van der Waals surface area contributed by atoms with Crippen LogP contribution in [0.1, 0.15) is 19.3 Å². The molecule has 1 atom stereocenters. The predicted octanol–water partition coefficient (Wildman–Crippen LogP) is 1.06. The van der Waals surface area contributed by atoms with E-state index in [-0.39, 0.29) is 24.8 Å². The highest BCUT2D eigenvalue weighted by molar-refractivity contribution is 5.80. The molecule has 2 heterocycles. The molecule has 0 saturated carbocycles. The third kappa shape index (κ3) is 1.35. The molecule has 0 bridgehead atoms. The van der Waals surface area contributed by atoms with Gasteiger partial charge in [-0.05, 0) is 0 Å². The zero-order valence-electron chi connectivity index (χ0n) is 6.72. The van der Waals surface area contributed by atoms with Crippen LogP contribution in [-0.4, -0.2) is 35.7 Å². The van der Waals surface area contributed by atoms with Crippen molar-refractivity contribution in [3.05, 3.63) is 0 Å². The Hall–Kier alpha value is -0.510. The second-order valence-electron chi connectivity index (χ2n) is 3.68. The van der Waals surface area contributed by atoms with E-state index in [2.05, 4.69) is 0 Å². The van der Waals surface area contributed by atoms with E-state index in [0.29, 0.717) is 19.4 Å². The van der Waals surface area contributed by atoms with Gasteiger partial charge in [0.25, 0.3) is 5.92 Å². The summed E-state index contributed by atoms with van der Waals surface area (Å²) in [6.07, 6.45) is 0.654. The molecule has 2 rings (SSSR count). The van der Waals surface area contributed by atoms with Crippen molar-refractivity contribution in [3.63, 3.8) is 0 Å². The fraction of sp³-hybridized carbons (Fsp3) is 0.875. The van der Waals surface area contributed by atoms with E-state index in [1.807, 2.05) is 0 Å². The van der Waals surface area contributed by atoms with Crippen molar-refractivity contribution in [1.29, 1.82) is 0 Å². The lowest BCUT2D eigenvalue weighted by molar-refractivity contribution is -0.122. The van der Waals surface area contributed by atoms with E-state index in [4.69, 9.17) is 0 Å². The summed E-state index contributed by atoms with van der Waals surface area (Å²) in [5, 5.41) is 0. The first-order valence-corrected chi connectivity index (χ1v) is 4.20. The molecule has 68 valence electrons. The van der Waals surface area contributed by atoms with Crippen molar-refractivity contribution in [2.24, 2.45) is 0 Å². The van der Waals surface area contributed by atoms with Gasteiger partial charge in [-0.15, -0.1) is 0 Å². The van der Waals surface area contributed by atoms with Crippen molar-refractivity contribution in [1.82, 2.24) is 4.90 Å². The Labute approximate surface area is 69.5 Å². The minimum Gasteiger partial charge on any atom is -0.300 e. The van der Waals surface area contributed by atoms with Gasteiger partial charge in [0, 0.05) is 31.8 Å². The maximum Gasteiger partial charge on any atom is 0.262 e. The van der Waals surface area contributed by atoms with Crippen LogP contribution in [0.5, 0.6) is 0 Å². The van der Waals surface area contributed by atoms with Gasteiger partial charge in [0.2, 0.25) is 0 Å². The summed E-state index contributed by atoms with van der Waals surface area (Å²) < 4.78 is 25.6. The lowest BCUT2D eigenvalue weighted by atomic mass is 10.0. The van der Waals surface area contributed by atoms with Crippen LogP contribution in [0.4, 0.5) is 8.78 Å². The zero-order valence-corrected chi connectivity index (χ0v) is 6.72. The molecule has 12 heavy (non-hydrogen) atoms. The average molecular weight is 175 g/mol. The summed E-state index contributed by atoms with van der Waals surface area (Å²) in [6, 6.07) is -0.179. The number of carbonyl (C=O) groups excluding carboxylic acids is 1. The number of alkyl halides is 2. The number of carbonyl (C=O) groups is 1. The van der Waals surface area contributed by atoms with E-state index >= 15 is 0 Å². The van der Waals surface area contributed by atoms with Gasteiger partial charge in [0.15, 0.2) is 0 Å². The van der Waals surface area contributed by atoms with Crippen molar-refractivity contribution >= 4 is 5.78 Å². The van der Waals surface area contributed by atoms with Crippen LogP contribution in [0.15, 0.2) is 0 Å². The van der Waals surface area contributed by atoms with Gasteiger partial charge in [-0.2, -0.15) is 0 Å². The molecule has 2 aliphatic heterocycles. The topological polar surface area (TPSA) is 20.3 Å². The Kier molecular flexibility index (Phi) is 1.68. The number of nitrogens with zero attached hydrogens (tertiary/aromatic N) is 1. The van der Waals surface area contributed by atoms with Crippen molar-refractivity contribution < 1.29 is 13.6 Å². The SMILES string of the molecule is O=C1CCN2CC(F)(F)CC2C1. The van der Waals surface area contributed by atoms with Crippen molar-refractivity contribution in [2.45, 2.75) is 31.2 Å². The molecule has 0 radical (unpaired) electrons. The molecule has 2 aliphatic rings. The van der Waals surface area contributed by atoms with Gasteiger partial charge in [0.05, 0.1) is 6.54 Å². The normalized spacial score (nSPS) is 35.2. The van der Waals surface area contributed by atoms with Crippen LogP contribution in [-0.2, 0) is 4.79 Å². The van der Waals surface area contributed by atoms with Crippen LogP contribution in [0, 0.1) is 0 Å². The smallest absolute Gasteiger partial charge is 0.262 e. The number of Topliss-reactive ketones (excluding diaryl/α,β-unsaturated/α-hetero) is 1. The summed E-state index contributed by atoms with van der Waals surface area (Å²) in [5.74, 6) is -2.43. The molecule has 1 unspecified atom stereocenters. The Morgan fingerprint density at radius 2 is 2.25 bits per heavy atom. The zero-order chi connectivity index (χ0) is 8.77. The fourth-order valence-corrected chi connectivity index (χ4v) is 2.06. The van der Waals surface area contributed by atoms with Gasteiger partial charge >= 0.3 is 0 Å². The van der Waals surface area contributed by atoms with Gasteiger partial charge in [-0.1, -0.05) is 0 Å². The Morgan fingerprint density at radius 3 is 3.00 bits per heavy atom. The number of ketones is 1. The summed E-state index contributed by atoms with van der Waals surface area (Å²) in [5.41, 5.74) is 0. The fourth-order valence-electron chi connectivity index (χ4n) is 2.06. The molecule has 0 aromatic rings. The highest BCUT2D eigenvalue weighted by atomic mass is 19.3. The van der Waals surface area contributed by atoms with Crippen molar-refractivity contribution in [2.75, 3.05) is 13.1 Å². The lowest BCUT2D eigenvalue weighted by Crippen LogP contribution is -2.38.